The maximum atomic E-state index is 12.1. The molecule has 0 radical (unpaired) electrons. The molecule has 1 atom stereocenters. The third kappa shape index (κ3) is 11.1. The van der Waals surface area contributed by atoms with E-state index in [0.29, 0.717) is 0 Å². The lowest BCUT2D eigenvalue weighted by Crippen LogP contribution is -2.78. The van der Waals surface area contributed by atoms with Crippen LogP contribution in [0.5, 0.6) is 0 Å². The molecule has 116 valence electrons. The fraction of sp³-hybridized carbons (Fsp3) is 0.455. The number of aliphatic hydroxyl groups is 1. The number of nitrogens with two attached hydrogens (primary N) is 3. The molecule has 6 nitrogen and oxygen atoms in total. The maximum Gasteiger partial charge on any atom is 0.407 e. The second-order valence-electron chi connectivity index (χ2n) is 3.41. The Hall–Kier alpha value is -2.03. The van der Waals surface area contributed by atoms with Crippen LogP contribution in [0.1, 0.15) is 6.92 Å². The molecule has 0 rings (SSSR count). The monoisotopic (exact) mass is 296 g/mol. The highest BCUT2D eigenvalue weighted by Gasteiger charge is 2.27. The molecule has 0 fully saturated rings. The van der Waals surface area contributed by atoms with Gasteiger partial charge in [0.05, 0.1) is 0 Å². The van der Waals surface area contributed by atoms with Crippen LogP contribution in [-0.2, 0) is 0 Å². The van der Waals surface area contributed by atoms with Gasteiger partial charge in [-0.2, -0.15) is 13.2 Å². The number of allylic oxidation sites excluding steroid dienone is 1. The molecule has 0 aliphatic heterocycles. The average molecular weight is 296 g/mol. The lowest BCUT2D eigenvalue weighted by atomic mass is 10.2. The average Bonchev–Trinajstić information content (AvgIpc) is 2.41. The quantitative estimate of drug-likeness (QED) is 0.391. The summed E-state index contributed by atoms with van der Waals surface area (Å²) in [5.74, 6) is 0. The third-order valence-corrected chi connectivity index (χ3v) is 1.84. The van der Waals surface area contributed by atoms with Gasteiger partial charge in [-0.05, 0) is 12.3 Å². The van der Waals surface area contributed by atoms with E-state index in [4.69, 9.17) is 22.3 Å². The van der Waals surface area contributed by atoms with Gasteiger partial charge in [-0.25, -0.2) is 4.99 Å². The standard InChI is InChI=1S/C10H16F3N5.CH4O/c1-7(17-5-8(16)4-15)9(2-3-14)18-6-10(11,12)13;1-2/h2-5,7H,6,14-16H2,1H3;2H,1H3/p+1/b3-2-,8-4+,17-5?,18-9?;. The summed E-state index contributed by atoms with van der Waals surface area (Å²) in [5, 5.41) is 7.00. The highest BCUT2D eigenvalue weighted by Crippen LogP contribution is 2.14. The minimum absolute atomic E-state index is 0.163. The molecule has 0 aromatic rings. The van der Waals surface area contributed by atoms with Crippen molar-refractivity contribution < 1.29 is 23.3 Å². The van der Waals surface area contributed by atoms with Crippen LogP contribution in [0.4, 0.5) is 13.2 Å². The molecule has 0 aliphatic carbocycles. The van der Waals surface area contributed by atoms with E-state index < -0.39 is 18.8 Å². The van der Waals surface area contributed by atoms with Crippen molar-refractivity contribution in [1.29, 1.82) is 0 Å². The Kier molecular flexibility index (Phi) is 11.0. The minimum atomic E-state index is -4.35. The summed E-state index contributed by atoms with van der Waals surface area (Å²) >= 11 is 0. The number of aliphatic hydroxyl groups excluding tert-OH is 1. The Bertz CT molecular complexity index is 375. The lowest BCUT2D eigenvalue weighted by Gasteiger charge is -2.05. The SMILES string of the molecule is CC([NH+]=C/C(N)=C\N)C(/C=C\N)=NCC(F)(F)F.CO. The van der Waals surface area contributed by atoms with Crippen molar-refractivity contribution in [3.63, 3.8) is 0 Å². The van der Waals surface area contributed by atoms with Crippen LogP contribution in [0.15, 0.2) is 29.2 Å². The fourth-order valence-corrected chi connectivity index (χ4v) is 0.968. The van der Waals surface area contributed by atoms with Gasteiger partial charge in [0.1, 0.15) is 18.0 Å². The minimum Gasteiger partial charge on any atom is -0.405 e. The molecule has 0 amide bonds. The predicted octanol–water partition coefficient (Wildman–Crippen LogP) is -1.63. The topological polar surface area (TPSA) is 125 Å². The van der Waals surface area contributed by atoms with Crippen LogP contribution >= 0.6 is 0 Å². The maximum absolute atomic E-state index is 12.1. The first-order valence-electron chi connectivity index (χ1n) is 5.51. The molecule has 0 aliphatic rings. The molecule has 0 saturated heterocycles. The first-order valence-corrected chi connectivity index (χ1v) is 5.51. The number of halogens is 3. The summed E-state index contributed by atoms with van der Waals surface area (Å²) in [6, 6.07) is -0.481. The summed E-state index contributed by atoms with van der Waals surface area (Å²) in [4.78, 5) is 6.19. The molecule has 20 heavy (non-hydrogen) atoms. The first-order chi connectivity index (χ1) is 9.30. The number of aliphatic imine (C=N–C) groups is 1. The van der Waals surface area contributed by atoms with Crippen LogP contribution in [0.3, 0.4) is 0 Å². The number of nitrogens with one attached hydrogen (secondary N) is 1. The van der Waals surface area contributed by atoms with Gasteiger partial charge in [0.2, 0.25) is 0 Å². The molecule has 9 heteroatoms. The normalized spacial score (nSPS) is 15.3. The summed E-state index contributed by atoms with van der Waals surface area (Å²) in [7, 11) is 1.00. The van der Waals surface area contributed by atoms with Gasteiger partial charge in [0.15, 0.2) is 12.3 Å². The molecule has 0 aromatic heterocycles. The smallest absolute Gasteiger partial charge is 0.405 e. The molecule has 8 N–H and O–H groups in total. The van der Waals surface area contributed by atoms with E-state index in [-0.39, 0.29) is 11.4 Å². The largest absolute Gasteiger partial charge is 0.407 e. The van der Waals surface area contributed by atoms with E-state index in [2.05, 4.69) is 9.98 Å². The van der Waals surface area contributed by atoms with Crippen LogP contribution in [0, 0.1) is 0 Å². The van der Waals surface area contributed by atoms with Crippen molar-refractivity contribution >= 4 is 11.9 Å². The lowest BCUT2D eigenvalue weighted by molar-refractivity contribution is -0.471. The zero-order chi connectivity index (χ0) is 16.2. The van der Waals surface area contributed by atoms with Gasteiger partial charge in [-0.3, -0.25) is 4.99 Å². The second kappa shape index (κ2) is 10.9. The number of nitrogens with zero attached hydrogens (tertiary/aromatic N) is 1. The van der Waals surface area contributed by atoms with E-state index in [1.807, 2.05) is 0 Å². The fourth-order valence-electron chi connectivity index (χ4n) is 0.968. The van der Waals surface area contributed by atoms with Crippen LogP contribution < -0.4 is 22.2 Å². The van der Waals surface area contributed by atoms with Crippen molar-refractivity contribution in [2.24, 2.45) is 22.2 Å². The van der Waals surface area contributed by atoms with Gasteiger partial charge < -0.3 is 22.3 Å². The molecular weight excluding hydrogens is 275 g/mol. The van der Waals surface area contributed by atoms with E-state index >= 15 is 0 Å². The van der Waals surface area contributed by atoms with Crippen molar-refractivity contribution in [3.05, 3.63) is 24.2 Å². The second-order valence-corrected chi connectivity index (χ2v) is 3.41. The summed E-state index contributed by atoms with van der Waals surface area (Å²) in [5.41, 5.74) is 16.1. The van der Waals surface area contributed by atoms with Gasteiger partial charge in [-0.15, -0.1) is 0 Å². The van der Waals surface area contributed by atoms with Crippen LogP contribution in [0.25, 0.3) is 0 Å². The summed E-state index contributed by atoms with van der Waals surface area (Å²) < 4.78 is 36.2. The summed E-state index contributed by atoms with van der Waals surface area (Å²) in [6.07, 6.45) is 0.589. The first kappa shape index (κ1) is 20.3. The van der Waals surface area contributed by atoms with Gasteiger partial charge in [0, 0.05) is 20.2 Å². The molecule has 0 aromatic carbocycles. The van der Waals surface area contributed by atoms with Crippen molar-refractivity contribution in [3.8, 4) is 0 Å². The Labute approximate surface area is 115 Å². The molecular formula is C11H21F3N5O+. The zero-order valence-electron chi connectivity index (χ0n) is 11.4. The molecule has 0 saturated carbocycles. The van der Waals surface area contributed by atoms with Crippen molar-refractivity contribution in [2.75, 3.05) is 13.7 Å². The summed E-state index contributed by atoms with van der Waals surface area (Å²) in [6.45, 7) is 0.358. The number of hydrogen-bond acceptors (Lipinski definition) is 5. The van der Waals surface area contributed by atoms with Crippen LogP contribution in [-0.4, -0.2) is 42.9 Å². The highest BCUT2D eigenvalue weighted by atomic mass is 19.4. The van der Waals surface area contributed by atoms with E-state index in [1.165, 1.54) is 12.3 Å². The van der Waals surface area contributed by atoms with Gasteiger partial charge in [-0.1, -0.05) is 0 Å². The third-order valence-electron chi connectivity index (χ3n) is 1.84. The van der Waals surface area contributed by atoms with Gasteiger partial charge >= 0.3 is 6.18 Å². The predicted molar refractivity (Wildman–Crippen MR) is 72.8 cm³/mol. The number of alkyl halides is 3. The van der Waals surface area contributed by atoms with E-state index in [1.54, 1.807) is 6.92 Å². The Morgan fingerprint density at radius 3 is 2.30 bits per heavy atom. The molecule has 0 spiro atoms. The van der Waals surface area contributed by atoms with Crippen LogP contribution in [0.2, 0.25) is 0 Å². The molecule has 0 bridgehead atoms. The van der Waals surface area contributed by atoms with E-state index in [0.717, 1.165) is 19.5 Å². The van der Waals surface area contributed by atoms with Gasteiger partial charge in [0.25, 0.3) is 0 Å². The number of hydrogen-bond donors (Lipinski definition) is 5. The molecule has 0 heterocycles. The Morgan fingerprint density at radius 2 is 1.90 bits per heavy atom. The molecule has 1 unspecified atom stereocenters. The zero-order valence-corrected chi connectivity index (χ0v) is 11.4. The Balaban J connectivity index is 0. The highest BCUT2D eigenvalue weighted by molar-refractivity contribution is 5.98. The number of rotatable bonds is 5. The van der Waals surface area contributed by atoms with Crippen molar-refractivity contribution in [1.82, 2.24) is 0 Å². The van der Waals surface area contributed by atoms with E-state index in [9.17, 15) is 13.2 Å². The Morgan fingerprint density at radius 1 is 1.35 bits per heavy atom. The van der Waals surface area contributed by atoms with Crippen molar-refractivity contribution in [2.45, 2.75) is 19.1 Å².